The molecule has 0 aliphatic heterocycles. The monoisotopic (exact) mass is 281 g/mol. The Hall–Kier alpha value is -1.52. The fourth-order valence-corrected chi connectivity index (χ4v) is 2.65. The Morgan fingerprint density at radius 1 is 1.39 bits per heavy atom. The number of aryl methyl sites for hydroxylation is 1. The van der Waals surface area contributed by atoms with Crippen molar-refractivity contribution in [3.05, 3.63) is 50.7 Å². The highest BCUT2D eigenvalue weighted by Gasteiger charge is 2.09. The molecule has 0 amide bonds. The van der Waals surface area contributed by atoms with Gasteiger partial charge in [-0.2, -0.15) is 0 Å². The topological polar surface area (TPSA) is 49.3 Å². The zero-order valence-electron chi connectivity index (χ0n) is 9.74. The number of hydrogen-bond acceptors (Lipinski definition) is 3. The van der Waals surface area contributed by atoms with Crippen LogP contribution in [0.1, 0.15) is 20.8 Å². The summed E-state index contributed by atoms with van der Waals surface area (Å²) in [6.07, 6.45) is 0. The summed E-state index contributed by atoms with van der Waals surface area (Å²) in [6.45, 7) is 2.50. The van der Waals surface area contributed by atoms with Crippen molar-refractivity contribution >= 4 is 34.6 Å². The van der Waals surface area contributed by atoms with Gasteiger partial charge in [-0.25, -0.2) is 4.79 Å². The molecule has 0 unspecified atom stereocenters. The van der Waals surface area contributed by atoms with Crippen LogP contribution in [0, 0.1) is 6.92 Å². The van der Waals surface area contributed by atoms with Gasteiger partial charge in [0.2, 0.25) is 0 Å². The fraction of sp³-hybridized carbons (Fsp3) is 0.154. The minimum atomic E-state index is -0.929. The van der Waals surface area contributed by atoms with Gasteiger partial charge < -0.3 is 10.4 Å². The summed E-state index contributed by atoms with van der Waals surface area (Å²) >= 11 is 7.33. The molecule has 2 N–H and O–H groups in total. The molecule has 3 nitrogen and oxygen atoms in total. The normalized spacial score (nSPS) is 10.3. The van der Waals surface area contributed by atoms with Gasteiger partial charge in [-0.15, -0.1) is 11.3 Å². The molecule has 0 aliphatic rings. The number of carbonyl (C=O) groups is 1. The molecule has 0 radical (unpaired) electrons. The molecule has 5 heteroatoms. The predicted octanol–water partition coefficient (Wildman–Crippen LogP) is 4.02. The van der Waals surface area contributed by atoms with E-state index in [2.05, 4.69) is 5.32 Å². The summed E-state index contributed by atoms with van der Waals surface area (Å²) in [4.78, 5) is 12.2. The Morgan fingerprint density at radius 3 is 2.78 bits per heavy atom. The minimum absolute atomic E-state index is 0.281. The summed E-state index contributed by atoms with van der Waals surface area (Å²) in [5.41, 5.74) is 1.93. The molecule has 1 aromatic heterocycles. The largest absolute Gasteiger partial charge is 0.478 e. The van der Waals surface area contributed by atoms with Gasteiger partial charge in [0, 0.05) is 17.1 Å². The molecule has 2 rings (SSSR count). The van der Waals surface area contributed by atoms with E-state index in [0.717, 1.165) is 14.8 Å². The maximum Gasteiger partial charge on any atom is 0.337 e. The van der Waals surface area contributed by atoms with Crippen LogP contribution in [0.3, 0.4) is 0 Å². The molecule has 0 atom stereocenters. The van der Waals surface area contributed by atoms with Crippen molar-refractivity contribution in [3.8, 4) is 0 Å². The van der Waals surface area contributed by atoms with E-state index < -0.39 is 5.97 Å². The third-order valence-corrected chi connectivity index (χ3v) is 3.72. The maximum absolute atomic E-state index is 11.1. The second kappa shape index (κ2) is 5.42. The lowest BCUT2D eigenvalue weighted by atomic mass is 10.1. The summed E-state index contributed by atoms with van der Waals surface area (Å²) in [7, 11) is 0. The van der Waals surface area contributed by atoms with Crippen LogP contribution in [0.4, 0.5) is 5.69 Å². The van der Waals surface area contributed by atoms with E-state index >= 15 is 0 Å². The first kappa shape index (κ1) is 12.9. The minimum Gasteiger partial charge on any atom is -0.478 e. The van der Waals surface area contributed by atoms with Crippen LogP contribution >= 0.6 is 22.9 Å². The van der Waals surface area contributed by atoms with E-state index in [1.807, 2.05) is 25.1 Å². The Balaban J connectivity index is 2.17. The standard InChI is InChI=1S/C13H12ClNO2S/c1-8-2-4-10(13(16)17)11(6-8)15-7-9-3-5-12(14)18-9/h2-6,15H,7H2,1H3,(H,16,17). The Morgan fingerprint density at radius 2 is 2.17 bits per heavy atom. The molecule has 1 heterocycles. The Bertz CT molecular complexity index is 580. The molecular weight excluding hydrogens is 270 g/mol. The second-order valence-electron chi connectivity index (χ2n) is 3.91. The smallest absolute Gasteiger partial charge is 0.337 e. The number of thiophene rings is 1. The molecule has 0 aliphatic carbocycles. The van der Waals surface area contributed by atoms with Gasteiger partial charge in [0.15, 0.2) is 0 Å². The highest BCUT2D eigenvalue weighted by atomic mass is 35.5. The van der Waals surface area contributed by atoms with Crippen molar-refractivity contribution in [1.82, 2.24) is 0 Å². The molecule has 0 fully saturated rings. The number of benzene rings is 1. The average molecular weight is 282 g/mol. The molecule has 0 saturated carbocycles. The van der Waals surface area contributed by atoms with Crippen LogP contribution in [0.15, 0.2) is 30.3 Å². The number of anilines is 1. The van der Waals surface area contributed by atoms with E-state index in [1.54, 1.807) is 12.1 Å². The van der Waals surface area contributed by atoms with E-state index in [1.165, 1.54) is 11.3 Å². The number of carboxylic acids is 1. The van der Waals surface area contributed by atoms with E-state index in [4.69, 9.17) is 16.7 Å². The van der Waals surface area contributed by atoms with Gasteiger partial charge in [0.25, 0.3) is 0 Å². The molecule has 0 saturated heterocycles. The van der Waals surface area contributed by atoms with E-state index in [9.17, 15) is 4.79 Å². The number of aromatic carboxylic acids is 1. The molecule has 0 spiro atoms. The van der Waals surface area contributed by atoms with Gasteiger partial charge in [-0.3, -0.25) is 0 Å². The van der Waals surface area contributed by atoms with Crippen LogP contribution in [0.25, 0.3) is 0 Å². The van der Waals surface area contributed by atoms with Crippen LogP contribution in [0.2, 0.25) is 4.34 Å². The number of carboxylic acid groups (broad SMARTS) is 1. The van der Waals surface area contributed by atoms with Crippen LogP contribution in [0.5, 0.6) is 0 Å². The van der Waals surface area contributed by atoms with Gasteiger partial charge in [-0.1, -0.05) is 17.7 Å². The molecule has 0 bridgehead atoms. The van der Waals surface area contributed by atoms with Crippen molar-refractivity contribution in [1.29, 1.82) is 0 Å². The van der Waals surface area contributed by atoms with Crippen molar-refractivity contribution in [2.45, 2.75) is 13.5 Å². The number of rotatable bonds is 4. The third-order valence-electron chi connectivity index (χ3n) is 2.49. The Labute approximate surface area is 114 Å². The predicted molar refractivity (Wildman–Crippen MR) is 74.8 cm³/mol. The first-order chi connectivity index (χ1) is 8.56. The van der Waals surface area contributed by atoms with Crippen molar-refractivity contribution in [3.63, 3.8) is 0 Å². The maximum atomic E-state index is 11.1. The van der Waals surface area contributed by atoms with Crippen LogP contribution in [-0.4, -0.2) is 11.1 Å². The van der Waals surface area contributed by atoms with Crippen molar-refractivity contribution in [2.24, 2.45) is 0 Å². The van der Waals surface area contributed by atoms with E-state index in [-0.39, 0.29) is 5.56 Å². The number of hydrogen-bond donors (Lipinski definition) is 2. The fourth-order valence-electron chi connectivity index (χ4n) is 1.62. The molecule has 94 valence electrons. The lowest BCUT2D eigenvalue weighted by molar-refractivity contribution is 0.0698. The Kier molecular flexibility index (Phi) is 3.89. The van der Waals surface area contributed by atoms with Crippen LogP contribution < -0.4 is 5.32 Å². The lowest BCUT2D eigenvalue weighted by Gasteiger charge is -2.09. The quantitative estimate of drug-likeness (QED) is 0.890. The number of halogens is 1. The van der Waals surface area contributed by atoms with Gasteiger partial charge in [0.1, 0.15) is 0 Å². The highest BCUT2D eigenvalue weighted by Crippen LogP contribution is 2.24. The van der Waals surface area contributed by atoms with Crippen molar-refractivity contribution < 1.29 is 9.90 Å². The summed E-state index contributed by atoms with van der Waals surface area (Å²) in [6, 6.07) is 8.99. The summed E-state index contributed by atoms with van der Waals surface area (Å²) in [5, 5.41) is 12.2. The number of nitrogens with one attached hydrogen (secondary N) is 1. The molecular formula is C13H12ClNO2S. The summed E-state index contributed by atoms with van der Waals surface area (Å²) < 4.78 is 0.731. The molecule has 1 aromatic carbocycles. The second-order valence-corrected chi connectivity index (χ2v) is 5.71. The van der Waals surface area contributed by atoms with Crippen LogP contribution in [-0.2, 0) is 6.54 Å². The SMILES string of the molecule is Cc1ccc(C(=O)O)c(NCc2ccc(Cl)s2)c1. The lowest BCUT2D eigenvalue weighted by Crippen LogP contribution is -2.06. The summed E-state index contributed by atoms with van der Waals surface area (Å²) in [5.74, 6) is -0.929. The van der Waals surface area contributed by atoms with Gasteiger partial charge >= 0.3 is 5.97 Å². The first-order valence-corrected chi connectivity index (χ1v) is 6.58. The zero-order chi connectivity index (χ0) is 13.1. The highest BCUT2D eigenvalue weighted by molar-refractivity contribution is 7.16. The molecule has 2 aromatic rings. The van der Waals surface area contributed by atoms with E-state index in [0.29, 0.717) is 12.2 Å². The average Bonchev–Trinajstić information content (AvgIpc) is 2.72. The van der Waals surface area contributed by atoms with Gasteiger partial charge in [-0.05, 0) is 36.8 Å². The first-order valence-electron chi connectivity index (χ1n) is 5.38. The molecule has 18 heavy (non-hydrogen) atoms. The third kappa shape index (κ3) is 3.03. The zero-order valence-corrected chi connectivity index (χ0v) is 11.3. The van der Waals surface area contributed by atoms with Gasteiger partial charge in [0.05, 0.1) is 9.90 Å². The van der Waals surface area contributed by atoms with Crippen molar-refractivity contribution in [2.75, 3.05) is 5.32 Å².